The Morgan fingerprint density at radius 1 is 1.37 bits per heavy atom. The topological polar surface area (TPSA) is 46.1 Å². The summed E-state index contributed by atoms with van der Waals surface area (Å²) >= 11 is 5.42. The van der Waals surface area contributed by atoms with E-state index in [1.54, 1.807) is 0 Å². The maximum absolute atomic E-state index is 5.67. The Balaban J connectivity index is 1.89. The number of hydrogen-bond donors (Lipinski definition) is 1. The van der Waals surface area contributed by atoms with E-state index in [1.165, 1.54) is 25.7 Å². The lowest BCUT2D eigenvalue weighted by Gasteiger charge is -2.29. The fourth-order valence-corrected chi connectivity index (χ4v) is 3.69. The van der Waals surface area contributed by atoms with Gasteiger partial charge < -0.3 is 9.64 Å². The lowest BCUT2D eigenvalue weighted by molar-refractivity contribution is 0.118. The highest BCUT2D eigenvalue weighted by Crippen LogP contribution is 2.33. The highest BCUT2D eigenvalue weighted by Gasteiger charge is 2.32. The van der Waals surface area contributed by atoms with Gasteiger partial charge in [0.25, 0.3) is 0 Å². The van der Waals surface area contributed by atoms with Crippen molar-refractivity contribution in [3.63, 3.8) is 0 Å². The summed E-state index contributed by atoms with van der Waals surface area (Å²) in [5, 5.41) is 7.42. The highest BCUT2D eigenvalue weighted by molar-refractivity contribution is 7.71. The summed E-state index contributed by atoms with van der Waals surface area (Å²) in [6, 6.07) is 0.909. The molecule has 1 aromatic rings. The average molecular weight is 282 g/mol. The van der Waals surface area contributed by atoms with Crippen LogP contribution in [-0.2, 0) is 4.74 Å². The van der Waals surface area contributed by atoms with E-state index in [-0.39, 0.29) is 6.10 Å². The van der Waals surface area contributed by atoms with E-state index in [0.717, 1.165) is 23.7 Å². The normalized spacial score (nSPS) is 28.1. The number of hydrogen-bond acceptors (Lipinski definition) is 4. The SMILES string of the molecule is CC1OCCC1N(C)c1n[nH]c(=S)n1C1CCCC1. The van der Waals surface area contributed by atoms with Crippen LogP contribution in [0.25, 0.3) is 0 Å². The molecule has 0 spiro atoms. The summed E-state index contributed by atoms with van der Waals surface area (Å²) in [5.41, 5.74) is 0. The summed E-state index contributed by atoms with van der Waals surface area (Å²) in [6.45, 7) is 2.97. The lowest BCUT2D eigenvalue weighted by Crippen LogP contribution is -2.38. The third-order valence-electron chi connectivity index (χ3n) is 4.52. The zero-order valence-corrected chi connectivity index (χ0v) is 12.4. The second kappa shape index (κ2) is 5.25. The largest absolute Gasteiger partial charge is 0.376 e. The standard InChI is InChI=1S/C13H22N4OS/c1-9-11(7-8-18-9)16(2)12-14-15-13(19)17(12)10-5-3-4-6-10/h9-11H,3-8H2,1-2H3,(H,15,19). The van der Waals surface area contributed by atoms with Crippen molar-refractivity contribution in [2.24, 2.45) is 0 Å². The van der Waals surface area contributed by atoms with E-state index < -0.39 is 0 Å². The number of likely N-dealkylation sites (N-methyl/N-ethyl adjacent to an activating group) is 1. The van der Waals surface area contributed by atoms with Gasteiger partial charge in [-0.15, -0.1) is 5.10 Å². The van der Waals surface area contributed by atoms with E-state index in [0.29, 0.717) is 12.1 Å². The molecule has 2 heterocycles. The number of nitrogens with zero attached hydrogens (tertiary/aromatic N) is 3. The molecule has 0 bridgehead atoms. The van der Waals surface area contributed by atoms with Gasteiger partial charge in [0.2, 0.25) is 5.95 Å². The average Bonchev–Trinajstić information content (AvgIpc) is 3.08. The van der Waals surface area contributed by atoms with Gasteiger partial charge in [-0.1, -0.05) is 12.8 Å². The molecule has 2 aliphatic rings. The molecule has 2 fully saturated rings. The lowest BCUT2D eigenvalue weighted by atomic mass is 10.1. The predicted octanol–water partition coefficient (Wildman–Crippen LogP) is 2.67. The first-order chi connectivity index (χ1) is 9.18. The third-order valence-corrected chi connectivity index (χ3v) is 4.81. The molecular weight excluding hydrogens is 260 g/mol. The van der Waals surface area contributed by atoms with Crippen LogP contribution in [0.5, 0.6) is 0 Å². The summed E-state index contributed by atoms with van der Waals surface area (Å²) < 4.78 is 8.63. The number of anilines is 1. The number of ether oxygens (including phenoxy) is 1. The number of rotatable bonds is 3. The minimum absolute atomic E-state index is 0.257. The first-order valence-electron chi connectivity index (χ1n) is 7.20. The molecule has 19 heavy (non-hydrogen) atoms. The number of H-pyrrole nitrogens is 1. The summed E-state index contributed by atoms with van der Waals surface area (Å²) in [4.78, 5) is 2.24. The van der Waals surface area contributed by atoms with Crippen molar-refractivity contribution in [2.45, 2.75) is 57.2 Å². The van der Waals surface area contributed by atoms with Crippen LogP contribution in [0.4, 0.5) is 5.95 Å². The van der Waals surface area contributed by atoms with Crippen LogP contribution in [-0.4, -0.2) is 40.6 Å². The Bertz CT molecular complexity index is 491. The minimum atomic E-state index is 0.257. The summed E-state index contributed by atoms with van der Waals surface area (Å²) in [5.74, 6) is 0.972. The Kier molecular flexibility index (Phi) is 3.62. The maximum Gasteiger partial charge on any atom is 0.226 e. The Morgan fingerprint density at radius 3 is 2.74 bits per heavy atom. The van der Waals surface area contributed by atoms with E-state index >= 15 is 0 Å². The molecule has 6 heteroatoms. The zero-order valence-electron chi connectivity index (χ0n) is 11.6. The summed E-state index contributed by atoms with van der Waals surface area (Å²) in [7, 11) is 2.10. The van der Waals surface area contributed by atoms with Gasteiger partial charge in [0.05, 0.1) is 12.1 Å². The molecule has 1 saturated carbocycles. The van der Waals surface area contributed by atoms with Crippen LogP contribution in [0.1, 0.15) is 45.1 Å². The monoisotopic (exact) mass is 282 g/mol. The van der Waals surface area contributed by atoms with Crippen molar-refractivity contribution in [1.82, 2.24) is 14.8 Å². The summed E-state index contributed by atoms with van der Waals surface area (Å²) in [6.07, 6.45) is 6.33. The van der Waals surface area contributed by atoms with Gasteiger partial charge in [-0.3, -0.25) is 4.57 Å². The molecule has 1 aromatic heterocycles. The Labute approximate surface area is 118 Å². The molecule has 5 nitrogen and oxygen atoms in total. The quantitative estimate of drug-likeness (QED) is 0.866. The van der Waals surface area contributed by atoms with Gasteiger partial charge in [0.1, 0.15) is 0 Å². The van der Waals surface area contributed by atoms with Crippen LogP contribution >= 0.6 is 12.2 Å². The fourth-order valence-electron chi connectivity index (χ4n) is 3.41. The van der Waals surface area contributed by atoms with Crippen LogP contribution < -0.4 is 4.90 Å². The molecule has 1 saturated heterocycles. The molecule has 2 atom stereocenters. The minimum Gasteiger partial charge on any atom is -0.376 e. The van der Waals surface area contributed by atoms with Gasteiger partial charge in [0.15, 0.2) is 4.77 Å². The van der Waals surface area contributed by atoms with Crippen LogP contribution in [0.15, 0.2) is 0 Å². The zero-order chi connectivity index (χ0) is 13.4. The van der Waals surface area contributed by atoms with Crippen molar-refractivity contribution in [2.75, 3.05) is 18.6 Å². The number of aromatic nitrogens is 3. The van der Waals surface area contributed by atoms with Crippen LogP contribution in [0, 0.1) is 4.77 Å². The smallest absolute Gasteiger partial charge is 0.226 e. The fraction of sp³-hybridized carbons (Fsp3) is 0.846. The number of nitrogens with one attached hydrogen (secondary N) is 1. The first-order valence-corrected chi connectivity index (χ1v) is 7.60. The van der Waals surface area contributed by atoms with Crippen molar-refractivity contribution >= 4 is 18.2 Å². The molecule has 106 valence electrons. The van der Waals surface area contributed by atoms with Crippen LogP contribution in [0.3, 0.4) is 0 Å². The van der Waals surface area contributed by atoms with Crippen LogP contribution in [0.2, 0.25) is 0 Å². The molecule has 1 N–H and O–H groups in total. The highest BCUT2D eigenvalue weighted by atomic mass is 32.1. The molecule has 0 amide bonds. The second-order valence-corrected chi connectivity index (χ2v) is 6.07. The molecule has 1 aliphatic heterocycles. The first kappa shape index (κ1) is 13.1. The molecule has 2 unspecified atom stereocenters. The number of aromatic amines is 1. The van der Waals surface area contributed by atoms with E-state index in [4.69, 9.17) is 17.0 Å². The van der Waals surface area contributed by atoms with Crippen molar-refractivity contribution in [3.05, 3.63) is 4.77 Å². The predicted molar refractivity (Wildman–Crippen MR) is 77.1 cm³/mol. The molecule has 1 aliphatic carbocycles. The van der Waals surface area contributed by atoms with Gasteiger partial charge in [-0.2, -0.15) is 0 Å². The second-order valence-electron chi connectivity index (χ2n) is 5.68. The van der Waals surface area contributed by atoms with Gasteiger partial charge in [-0.05, 0) is 38.4 Å². The van der Waals surface area contributed by atoms with E-state index in [2.05, 4.69) is 33.6 Å². The van der Waals surface area contributed by atoms with E-state index in [1.807, 2.05) is 0 Å². The van der Waals surface area contributed by atoms with E-state index in [9.17, 15) is 0 Å². The van der Waals surface area contributed by atoms with Crippen molar-refractivity contribution < 1.29 is 4.74 Å². The Hall–Kier alpha value is -0.880. The molecule has 0 aromatic carbocycles. The molecule has 3 rings (SSSR count). The maximum atomic E-state index is 5.67. The van der Waals surface area contributed by atoms with Gasteiger partial charge >= 0.3 is 0 Å². The van der Waals surface area contributed by atoms with Crippen molar-refractivity contribution in [1.29, 1.82) is 0 Å². The third kappa shape index (κ3) is 2.31. The van der Waals surface area contributed by atoms with Gasteiger partial charge in [0, 0.05) is 19.7 Å². The molecule has 0 radical (unpaired) electrons. The van der Waals surface area contributed by atoms with Crippen molar-refractivity contribution in [3.8, 4) is 0 Å². The molecular formula is C13H22N4OS. The van der Waals surface area contributed by atoms with Gasteiger partial charge in [-0.25, -0.2) is 5.10 Å². The Morgan fingerprint density at radius 2 is 2.11 bits per heavy atom.